The minimum Gasteiger partial charge on any atom is -0.467 e. The van der Waals surface area contributed by atoms with E-state index in [0.717, 1.165) is 11.4 Å². The van der Waals surface area contributed by atoms with Crippen LogP contribution in [-0.4, -0.2) is 36.2 Å². The van der Waals surface area contributed by atoms with Crippen molar-refractivity contribution < 1.29 is 4.74 Å². The van der Waals surface area contributed by atoms with Gasteiger partial charge >= 0.3 is 6.01 Å². The summed E-state index contributed by atoms with van der Waals surface area (Å²) in [6, 6.07) is 6.18. The van der Waals surface area contributed by atoms with Gasteiger partial charge in [0.1, 0.15) is 0 Å². The molecule has 0 spiro atoms. The third-order valence-corrected chi connectivity index (χ3v) is 2.76. The zero-order valence-electron chi connectivity index (χ0n) is 12.0. The van der Waals surface area contributed by atoms with E-state index in [4.69, 9.17) is 10.5 Å². The van der Waals surface area contributed by atoms with Gasteiger partial charge in [0.05, 0.1) is 7.11 Å². The van der Waals surface area contributed by atoms with Crippen molar-refractivity contribution in [2.45, 2.75) is 6.92 Å². The van der Waals surface area contributed by atoms with Crippen LogP contribution < -0.4 is 20.7 Å². The van der Waals surface area contributed by atoms with E-state index in [2.05, 4.69) is 27.2 Å². The molecular formula is C13H18N6O. The molecule has 0 radical (unpaired) electrons. The van der Waals surface area contributed by atoms with Crippen LogP contribution in [0.1, 0.15) is 5.56 Å². The molecule has 2 rings (SSSR count). The van der Waals surface area contributed by atoms with E-state index in [1.165, 1.54) is 12.7 Å². The Hall–Kier alpha value is -2.57. The molecule has 20 heavy (non-hydrogen) atoms. The summed E-state index contributed by atoms with van der Waals surface area (Å²) in [5, 5.41) is 3.09. The van der Waals surface area contributed by atoms with Crippen molar-refractivity contribution in [2.24, 2.45) is 0 Å². The van der Waals surface area contributed by atoms with E-state index < -0.39 is 0 Å². The number of nitrogens with two attached hydrogens (primary N) is 1. The largest absolute Gasteiger partial charge is 0.467 e. The highest BCUT2D eigenvalue weighted by molar-refractivity contribution is 5.65. The molecule has 0 aliphatic rings. The van der Waals surface area contributed by atoms with Crippen LogP contribution in [-0.2, 0) is 0 Å². The second kappa shape index (κ2) is 5.60. The third-order valence-electron chi connectivity index (χ3n) is 2.76. The Morgan fingerprint density at radius 3 is 2.60 bits per heavy atom. The fourth-order valence-corrected chi connectivity index (χ4v) is 1.82. The number of nitrogens with zero attached hydrogens (tertiary/aromatic N) is 4. The maximum Gasteiger partial charge on any atom is 0.322 e. The molecule has 7 nitrogen and oxygen atoms in total. The fourth-order valence-electron chi connectivity index (χ4n) is 1.82. The van der Waals surface area contributed by atoms with E-state index in [-0.39, 0.29) is 12.0 Å². The Morgan fingerprint density at radius 1 is 1.20 bits per heavy atom. The van der Waals surface area contributed by atoms with Gasteiger partial charge in [0.25, 0.3) is 0 Å². The standard InChI is InChI=1S/C13H18N6O/c1-8-5-6-9(7-10(8)19(2)3)15-12-16-11(14)17-13(18-12)20-4/h5-7H,1-4H3,(H3,14,15,16,17,18). The first kappa shape index (κ1) is 13.9. The summed E-state index contributed by atoms with van der Waals surface area (Å²) >= 11 is 0. The number of nitrogen functional groups attached to an aromatic ring is 1. The lowest BCUT2D eigenvalue weighted by Crippen LogP contribution is -2.11. The average Bonchev–Trinajstić information content (AvgIpc) is 2.40. The number of benzene rings is 1. The molecule has 3 N–H and O–H groups in total. The number of hydrogen-bond donors (Lipinski definition) is 2. The highest BCUT2D eigenvalue weighted by Crippen LogP contribution is 2.24. The zero-order chi connectivity index (χ0) is 14.7. The Morgan fingerprint density at radius 2 is 1.95 bits per heavy atom. The SMILES string of the molecule is COc1nc(N)nc(Nc2ccc(C)c(N(C)C)c2)n1. The summed E-state index contributed by atoms with van der Waals surface area (Å²) in [4.78, 5) is 14.0. The highest BCUT2D eigenvalue weighted by atomic mass is 16.5. The van der Waals surface area contributed by atoms with Crippen molar-refractivity contribution in [3.8, 4) is 6.01 Å². The predicted molar refractivity (Wildman–Crippen MR) is 79.6 cm³/mol. The molecule has 0 aliphatic carbocycles. The molecule has 1 heterocycles. The quantitative estimate of drug-likeness (QED) is 0.874. The molecule has 106 valence electrons. The first-order chi connectivity index (χ1) is 9.49. The van der Waals surface area contributed by atoms with Gasteiger partial charge in [-0.05, 0) is 24.6 Å². The van der Waals surface area contributed by atoms with Gasteiger partial charge in [0, 0.05) is 25.5 Å². The Bertz CT molecular complexity index is 614. The van der Waals surface area contributed by atoms with E-state index in [9.17, 15) is 0 Å². The number of aromatic nitrogens is 3. The fraction of sp³-hybridized carbons (Fsp3) is 0.308. The van der Waals surface area contributed by atoms with Crippen molar-refractivity contribution in [1.82, 2.24) is 15.0 Å². The summed E-state index contributed by atoms with van der Waals surface area (Å²) < 4.78 is 4.96. The van der Waals surface area contributed by atoms with Crippen LogP contribution in [0.2, 0.25) is 0 Å². The van der Waals surface area contributed by atoms with Crippen LogP contribution in [0, 0.1) is 6.92 Å². The maximum absolute atomic E-state index is 5.60. The summed E-state index contributed by atoms with van der Waals surface area (Å²) in [6.07, 6.45) is 0. The number of ether oxygens (including phenoxy) is 1. The second-order valence-corrected chi connectivity index (χ2v) is 4.52. The van der Waals surface area contributed by atoms with Gasteiger partial charge < -0.3 is 20.7 Å². The van der Waals surface area contributed by atoms with Gasteiger partial charge in [-0.1, -0.05) is 6.07 Å². The minimum atomic E-state index is 0.110. The topological polar surface area (TPSA) is 89.2 Å². The molecule has 2 aromatic rings. The van der Waals surface area contributed by atoms with Gasteiger partial charge in [-0.25, -0.2) is 0 Å². The summed E-state index contributed by atoms with van der Waals surface area (Å²) in [7, 11) is 5.47. The summed E-state index contributed by atoms with van der Waals surface area (Å²) in [6.45, 7) is 2.06. The normalized spacial score (nSPS) is 10.2. The molecule has 0 fully saturated rings. The van der Waals surface area contributed by atoms with Crippen LogP contribution in [0.25, 0.3) is 0 Å². The van der Waals surface area contributed by atoms with Crippen LogP contribution in [0.4, 0.5) is 23.3 Å². The van der Waals surface area contributed by atoms with Gasteiger partial charge in [-0.2, -0.15) is 15.0 Å². The van der Waals surface area contributed by atoms with Crippen LogP contribution in [0.15, 0.2) is 18.2 Å². The zero-order valence-corrected chi connectivity index (χ0v) is 12.0. The van der Waals surface area contributed by atoms with Crippen molar-refractivity contribution in [3.05, 3.63) is 23.8 Å². The summed E-state index contributed by atoms with van der Waals surface area (Å²) in [5.74, 6) is 0.460. The molecule has 7 heteroatoms. The highest BCUT2D eigenvalue weighted by Gasteiger charge is 2.07. The number of rotatable bonds is 4. The molecule has 0 aliphatic heterocycles. The van der Waals surface area contributed by atoms with E-state index in [1.54, 1.807) is 0 Å². The summed E-state index contributed by atoms with van der Waals surface area (Å²) in [5.41, 5.74) is 8.77. The van der Waals surface area contributed by atoms with Crippen molar-refractivity contribution in [2.75, 3.05) is 37.2 Å². The predicted octanol–water partition coefficient (Wildman–Crippen LogP) is 1.58. The molecule has 1 aromatic carbocycles. The van der Waals surface area contributed by atoms with Crippen LogP contribution >= 0.6 is 0 Å². The van der Waals surface area contributed by atoms with Crippen LogP contribution in [0.5, 0.6) is 6.01 Å². The van der Waals surface area contributed by atoms with Crippen molar-refractivity contribution >= 4 is 23.3 Å². The molecular weight excluding hydrogens is 256 g/mol. The molecule has 0 saturated heterocycles. The van der Waals surface area contributed by atoms with Crippen LogP contribution in [0.3, 0.4) is 0 Å². The number of nitrogens with one attached hydrogen (secondary N) is 1. The lowest BCUT2D eigenvalue weighted by Gasteiger charge is -2.17. The van der Waals surface area contributed by atoms with Crippen molar-refractivity contribution in [1.29, 1.82) is 0 Å². The maximum atomic E-state index is 5.60. The Balaban J connectivity index is 2.30. The van der Waals surface area contributed by atoms with E-state index >= 15 is 0 Å². The Labute approximate surface area is 117 Å². The van der Waals surface area contributed by atoms with Gasteiger partial charge in [-0.15, -0.1) is 0 Å². The molecule has 0 bridgehead atoms. The number of anilines is 4. The van der Waals surface area contributed by atoms with E-state index in [1.807, 2.05) is 37.2 Å². The minimum absolute atomic E-state index is 0.110. The number of hydrogen-bond acceptors (Lipinski definition) is 7. The molecule has 0 atom stereocenters. The molecule has 0 unspecified atom stereocenters. The van der Waals surface area contributed by atoms with Gasteiger partial charge in [0.15, 0.2) is 0 Å². The molecule has 1 aromatic heterocycles. The molecule has 0 amide bonds. The third kappa shape index (κ3) is 3.05. The van der Waals surface area contributed by atoms with Gasteiger partial charge in [-0.3, -0.25) is 0 Å². The average molecular weight is 274 g/mol. The molecule has 0 saturated carbocycles. The lowest BCUT2D eigenvalue weighted by molar-refractivity contribution is 0.380. The number of methoxy groups -OCH3 is 1. The first-order valence-electron chi connectivity index (χ1n) is 6.10. The smallest absolute Gasteiger partial charge is 0.322 e. The second-order valence-electron chi connectivity index (χ2n) is 4.52. The number of aryl methyl sites for hydroxylation is 1. The monoisotopic (exact) mass is 274 g/mol. The van der Waals surface area contributed by atoms with Crippen molar-refractivity contribution in [3.63, 3.8) is 0 Å². The Kier molecular flexibility index (Phi) is 3.88. The lowest BCUT2D eigenvalue weighted by atomic mass is 10.1. The van der Waals surface area contributed by atoms with E-state index in [0.29, 0.717) is 5.95 Å². The first-order valence-corrected chi connectivity index (χ1v) is 6.10. The van der Waals surface area contributed by atoms with Gasteiger partial charge in [0.2, 0.25) is 11.9 Å².